The molecule has 0 amide bonds. The first kappa shape index (κ1) is 15.7. The maximum absolute atomic E-state index is 12.1. The van der Waals surface area contributed by atoms with Gasteiger partial charge in [0.2, 0.25) is 0 Å². The first-order valence-electron chi connectivity index (χ1n) is 7.00. The average molecular weight is 267 g/mol. The molecule has 1 aromatic rings. The third kappa shape index (κ3) is 4.67. The molecule has 108 valence electrons. The quantitative estimate of drug-likeness (QED) is 0.733. The summed E-state index contributed by atoms with van der Waals surface area (Å²) in [5.74, 6) is 0.237. The summed E-state index contributed by atoms with van der Waals surface area (Å²) in [6.45, 7) is 10.2. The van der Waals surface area contributed by atoms with E-state index in [0.717, 1.165) is 25.2 Å². The SMILES string of the molecule is CCCn1cncc1C(NCC(C)C)C(=O)OCC. The van der Waals surface area contributed by atoms with Crippen LogP contribution >= 0.6 is 0 Å². The van der Waals surface area contributed by atoms with Crippen LogP contribution in [0.15, 0.2) is 12.5 Å². The summed E-state index contributed by atoms with van der Waals surface area (Å²) in [6, 6.07) is -0.434. The lowest BCUT2D eigenvalue weighted by atomic mass is 10.1. The molecule has 0 aliphatic carbocycles. The second-order valence-electron chi connectivity index (χ2n) is 5.00. The van der Waals surface area contributed by atoms with E-state index in [0.29, 0.717) is 12.5 Å². The number of aryl methyl sites for hydroxylation is 1. The van der Waals surface area contributed by atoms with E-state index in [1.165, 1.54) is 0 Å². The van der Waals surface area contributed by atoms with Gasteiger partial charge in [0.1, 0.15) is 6.04 Å². The van der Waals surface area contributed by atoms with Crippen molar-refractivity contribution < 1.29 is 9.53 Å². The molecular weight excluding hydrogens is 242 g/mol. The van der Waals surface area contributed by atoms with Crippen LogP contribution in [0.25, 0.3) is 0 Å². The van der Waals surface area contributed by atoms with Gasteiger partial charge in [0.25, 0.3) is 0 Å². The van der Waals surface area contributed by atoms with Gasteiger partial charge in [0.15, 0.2) is 0 Å². The Balaban J connectivity index is 2.87. The Morgan fingerprint density at radius 1 is 1.47 bits per heavy atom. The number of imidazole rings is 1. The molecule has 1 aromatic heterocycles. The van der Waals surface area contributed by atoms with Gasteiger partial charge in [-0.1, -0.05) is 20.8 Å². The zero-order chi connectivity index (χ0) is 14.3. The number of nitrogens with zero attached hydrogens (tertiary/aromatic N) is 2. The minimum atomic E-state index is -0.434. The number of esters is 1. The predicted octanol–water partition coefficient (Wildman–Crippen LogP) is 2.14. The number of hydrogen-bond acceptors (Lipinski definition) is 4. The van der Waals surface area contributed by atoms with Crippen molar-refractivity contribution in [3.63, 3.8) is 0 Å². The second-order valence-corrected chi connectivity index (χ2v) is 5.00. The third-order valence-corrected chi connectivity index (χ3v) is 2.76. The smallest absolute Gasteiger partial charge is 0.329 e. The molecule has 5 heteroatoms. The Hall–Kier alpha value is -1.36. The predicted molar refractivity (Wildman–Crippen MR) is 74.7 cm³/mol. The summed E-state index contributed by atoms with van der Waals surface area (Å²) in [4.78, 5) is 16.2. The molecule has 1 heterocycles. The first-order chi connectivity index (χ1) is 9.10. The monoisotopic (exact) mass is 267 g/mol. The lowest BCUT2D eigenvalue weighted by Gasteiger charge is -2.20. The van der Waals surface area contributed by atoms with Gasteiger partial charge < -0.3 is 9.30 Å². The molecule has 0 spiro atoms. The van der Waals surface area contributed by atoms with Crippen molar-refractivity contribution in [3.8, 4) is 0 Å². The highest BCUT2D eigenvalue weighted by Crippen LogP contribution is 2.15. The number of carbonyl (C=O) groups is 1. The molecule has 0 bridgehead atoms. The summed E-state index contributed by atoms with van der Waals surface area (Å²) >= 11 is 0. The summed E-state index contributed by atoms with van der Waals surface area (Å²) in [7, 11) is 0. The van der Waals surface area contributed by atoms with E-state index >= 15 is 0 Å². The molecule has 5 nitrogen and oxygen atoms in total. The van der Waals surface area contributed by atoms with Crippen LogP contribution in [0.2, 0.25) is 0 Å². The zero-order valence-electron chi connectivity index (χ0n) is 12.3. The van der Waals surface area contributed by atoms with Crippen LogP contribution in [-0.2, 0) is 16.1 Å². The van der Waals surface area contributed by atoms with Crippen molar-refractivity contribution >= 4 is 5.97 Å². The Kier molecular flexibility index (Phi) is 6.56. The fraction of sp³-hybridized carbons (Fsp3) is 0.714. The Labute approximate surface area is 115 Å². The molecule has 1 rings (SSSR count). The highest BCUT2D eigenvalue weighted by molar-refractivity contribution is 5.77. The van der Waals surface area contributed by atoms with Crippen molar-refractivity contribution in [2.45, 2.75) is 46.7 Å². The van der Waals surface area contributed by atoms with E-state index < -0.39 is 6.04 Å². The van der Waals surface area contributed by atoms with Crippen LogP contribution in [0.3, 0.4) is 0 Å². The van der Waals surface area contributed by atoms with Crippen molar-refractivity contribution in [1.82, 2.24) is 14.9 Å². The summed E-state index contributed by atoms with van der Waals surface area (Å²) in [5.41, 5.74) is 0.876. The van der Waals surface area contributed by atoms with Gasteiger partial charge >= 0.3 is 5.97 Å². The third-order valence-electron chi connectivity index (χ3n) is 2.76. The Morgan fingerprint density at radius 2 is 2.21 bits per heavy atom. The van der Waals surface area contributed by atoms with Crippen LogP contribution < -0.4 is 5.32 Å². The molecule has 0 fully saturated rings. The van der Waals surface area contributed by atoms with Gasteiger partial charge in [-0.05, 0) is 25.8 Å². The maximum Gasteiger partial charge on any atom is 0.329 e. The molecule has 19 heavy (non-hydrogen) atoms. The van der Waals surface area contributed by atoms with Crippen molar-refractivity contribution in [1.29, 1.82) is 0 Å². The normalized spacial score (nSPS) is 12.7. The molecular formula is C14H25N3O2. The Morgan fingerprint density at radius 3 is 2.79 bits per heavy atom. The van der Waals surface area contributed by atoms with E-state index in [4.69, 9.17) is 4.74 Å². The van der Waals surface area contributed by atoms with E-state index in [1.54, 1.807) is 12.5 Å². The maximum atomic E-state index is 12.1. The molecule has 0 aliphatic rings. The fourth-order valence-corrected chi connectivity index (χ4v) is 1.89. The van der Waals surface area contributed by atoms with Gasteiger partial charge in [0.05, 0.1) is 24.8 Å². The molecule has 1 atom stereocenters. The number of carbonyl (C=O) groups excluding carboxylic acids is 1. The highest BCUT2D eigenvalue weighted by atomic mass is 16.5. The van der Waals surface area contributed by atoms with E-state index in [1.807, 2.05) is 11.5 Å². The van der Waals surface area contributed by atoms with E-state index in [9.17, 15) is 4.79 Å². The average Bonchev–Trinajstić information content (AvgIpc) is 2.78. The lowest BCUT2D eigenvalue weighted by molar-refractivity contribution is -0.146. The van der Waals surface area contributed by atoms with Gasteiger partial charge in [-0.3, -0.25) is 5.32 Å². The minimum Gasteiger partial charge on any atom is -0.465 e. The van der Waals surface area contributed by atoms with Crippen LogP contribution in [-0.4, -0.2) is 28.7 Å². The van der Waals surface area contributed by atoms with E-state index in [-0.39, 0.29) is 5.97 Å². The number of nitrogens with one attached hydrogen (secondary N) is 1. The Bertz CT molecular complexity index is 388. The molecule has 0 radical (unpaired) electrons. The number of rotatable bonds is 8. The fourth-order valence-electron chi connectivity index (χ4n) is 1.89. The van der Waals surface area contributed by atoms with Gasteiger partial charge in [-0.2, -0.15) is 0 Å². The van der Waals surface area contributed by atoms with Crippen LogP contribution in [0.4, 0.5) is 0 Å². The van der Waals surface area contributed by atoms with Gasteiger partial charge in [0, 0.05) is 6.54 Å². The number of aromatic nitrogens is 2. The number of hydrogen-bond donors (Lipinski definition) is 1. The number of ether oxygens (including phenoxy) is 1. The highest BCUT2D eigenvalue weighted by Gasteiger charge is 2.24. The van der Waals surface area contributed by atoms with Crippen LogP contribution in [0, 0.1) is 5.92 Å². The molecule has 0 saturated heterocycles. The molecule has 1 unspecified atom stereocenters. The van der Waals surface area contributed by atoms with Crippen LogP contribution in [0.1, 0.15) is 45.9 Å². The topological polar surface area (TPSA) is 56.2 Å². The molecule has 0 aliphatic heterocycles. The summed E-state index contributed by atoms with van der Waals surface area (Å²) in [6.07, 6.45) is 4.51. The minimum absolute atomic E-state index is 0.235. The van der Waals surface area contributed by atoms with Crippen molar-refractivity contribution in [3.05, 3.63) is 18.2 Å². The molecule has 1 N–H and O–H groups in total. The standard InChI is InChI=1S/C14H25N3O2/c1-5-7-17-10-15-9-12(17)13(14(18)19-6-2)16-8-11(3)4/h9-11,13,16H,5-8H2,1-4H3. The zero-order valence-corrected chi connectivity index (χ0v) is 12.3. The summed E-state index contributed by atoms with van der Waals surface area (Å²) < 4.78 is 7.16. The van der Waals surface area contributed by atoms with Crippen molar-refractivity contribution in [2.24, 2.45) is 5.92 Å². The second kappa shape index (κ2) is 7.94. The first-order valence-corrected chi connectivity index (χ1v) is 7.00. The summed E-state index contributed by atoms with van der Waals surface area (Å²) in [5, 5.41) is 3.27. The largest absolute Gasteiger partial charge is 0.465 e. The molecule has 0 aromatic carbocycles. The molecule has 0 saturated carbocycles. The van der Waals surface area contributed by atoms with Gasteiger partial charge in [-0.15, -0.1) is 0 Å². The lowest BCUT2D eigenvalue weighted by Crippen LogP contribution is -2.34. The van der Waals surface area contributed by atoms with Crippen LogP contribution in [0.5, 0.6) is 0 Å². The van der Waals surface area contributed by atoms with E-state index in [2.05, 4.69) is 31.1 Å². The van der Waals surface area contributed by atoms with Gasteiger partial charge in [-0.25, -0.2) is 9.78 Å². The van der Waals surface area contributed by atoms with Crippen molar-refractivity contribution in [2.75, 3.05) is 13.2 Å².